The molecule has 4 amide bonds. The molecule has 0 unspecified atom stereocenters. The predicted molar refractivity (Wildman–Crippen MR) is 127 cm³/mol. The molecule has 0 aromatic heterocycles. The summed E-state index contributed by atoms with van der Waals surface area (Å²) in [7, 11) is -4.07. The summed E-state index contributed by atoms with van der Waals surface area (Å²) in [6.45, 7) is 0.424. The van der Waals surface area contributed by atoms with Crippen molar-refractivity contribution >= 4 is 27.6 Å². The van der Waals surface area contributed by atoms with Crippen molar-refractivity contribution in [1.82, 2.24) is 10.2 Å². The molecule has 1 aliphatic rings. The number of halogens is 3. The van der Waals surface area contributed by atoms with Crippen LogP contribution in [0.2, 0.25) is 0 Å². The number of alkyl halides is 3. The molecule has 0 aliphatic carbocycles. The minimum absolute atomic E-state index is 0.0441. The van der Waals surface area contributed by atoms with Gasteiger partial charge in [0.2, 0.25) is 0 Å². The van der Waals surface area contributed by atoms with Gasteiger partial charge in [-0.05, 0) is 42.8 Å². The minimum Gasteiger partial charge on any atom is -0.395 e. The number of amides is 4. The molecule has 0 saturated heterocycles. The molecule has 3 rings (SSSR count). The molecule has 10 nitrogen and oxygen atoms in total. The zero-order valence-corrected chi connectivity index (χ0v) is 20.8. The number of nitriles is 2. The predicted octanol–water partition coefficient (Wildman–Crippen LogP) is 3.46. The first-order valence-corrected chi connectivity index (χ1v) is 12.7. The highest BCUT2D eigenvalue weighted by molar-refractivity contribution is 7.90. The first kappa shape index (κ1) is 28.2. The lowest BCUT2D eigenvalue weighted by Gasteiger charge is -2.41. The van der Waals surface area contributed by atoms with Crippen LogP contribution >= 0.6 is 0 Å². The average Bonchev–Trinajstić information content (AvgIpc) is 2.85. The normalized spacial score (nSPS) is 16.2. The Morgan fingerprint density at radius 2 is 1.84 bits per heavy atom. The van der Waals surface area contributed by atoms with Gasteiger partial charge in [-0.2, -0.15) is 23.7 Å². The molecule has 0 saturated carbocycles. The number of urea groups is 2. The molecule has 2 aromatic rings. The number of sulfone groups is 1. The molecule has 0 radical (unpaired) electrons. The van der Waals surface area contributed by atoms with Gasteiger partial charge in [-0.25, -0.2) is 22.9 Å². The first-order chi connectivity index (χ1) is 17.8. The second-order valence-electron chi connectivity index (χ2n) is 8.14. The van der Waals surface area contributed by atoms with E-state index in [1.54, 1.807) is 6.07 Å². The van der Waals surface area contributed by atoms with E-state index in [1.807, 2.05) is 6.07 Å². The maximum absolute atomic E-state index is 13.7. The highest BCUT2D eigenvalue weighted by Crippen LogP contribution is 2.42. The van der Waals surface area contributed by atoms with Crippen molar-refractivity contribution in [2.75, 3.05) is 24.3 Å². The fourth-order valence-corrected chi connectivity index (χ4v) is 4.92. The number of nitrogens with one attached hydrogen (secondary N) is 1. The molecule has 38 heavy (non-hydrogen) atoms. The number of nitrogens with zero attached hydrogens (tertiary/aromatic N) is 4. The van der Waals surface area contributed by atoms with E-state index in [4.69, 9.17) is 5.11 Å². The van der Waals surface area contributed by atoms with E-state index in [1.165, 1.54) is 25.1 Å². The van der Waals surface area contributed by atoms with Crippen molar-refractivity contribution in [3.63, 3.8) is 0 Å². The first-order valence-electron chi connectivity index (χ1n) is 10.8. The van der Waals surface area contributed by atoms with E-state index < -0.39 is 51.2 Å². The van der Waals surface area contributed by atoms with Gasteiger partial charge in [-0.1, -0.05) is 12.1 Å². The van der Waals surface area contributed by atoms with Crippen molar-refractivity contribution in [2.45, 2.75) is 24.0 Å². The number of benzene rings is 2. The maximum atomic E-state index is 13.7. The van der Waals surface area contributed by atoms with Crippen LogP contribution in [0.15, 0.2) is 58.6 Å². The van der Waals surface area contributed by atoms with Gasteiger partial charge in [0.25, 0.3) is 0 Å². The van der Waals surface area contributed by atoms with E-state index in [0.29, 0.717) is 11.0 Å². The van der Waals surface area contributed by atoms with Crippen molar-refractivity contribution in [3.8, 4) is 12.1 Å². The van der Waals surface area contributed by atoms with E-state index in [2.05, 4.69) is 5.32 Å². The van der Waals surface area contributed by atoms with Gasteiger partial charge in [-0.15, -0.1) is 0 Å². The van der Waals surface area contributed by atoms with Gasteiger partial charge < -0.3 is 10.4 Å². The number of aliphatic hydroxyl groups is 1. The quantitative estimate of drug-likeness (QED) is 0.581. The highest BCUT2D eigenvalue weighted by Gasteiger charge is 2.45. The highest BCUT2D eigenvalue weighted by atomic mass is 32.2. The lowest BCUT2D eigenvalue weighted by molar-refractivity contribution is -0.137. The Morgan fingerprint density at radius 1 is 1.16 bits per heavy atom. The number of carbonyl (C=O) groups excluding carboxylic acids is 2. The standard InChI is InChI=1S/C24H20F3N5O5S/c1-14-19(13-29)21(18-7-6-15(12-28)10-20(18)38(2,36)37)32(22(34)30-8-9-33)23(35)31(14)17-5-3-4-16(11-17)24(25,26)27/h3-7,10-11,21,33H,8-9H2,1-2H3,(H,30,34)/t21-/m1/s1. The van der Waals surface area contributed by atoms with Crippen molar-refractivity contribution in [1.29, 1.82) is 10.5 Å². The minimum atomic E-state index is -4.75. The molecule has 0 spiro atoms. The Kier molecular flexibility index (Phi) is 7.81. The van der Waals surface area contributed by atoms with Crippen LogP contribution in [0.5, 0.6) is 0 Å². The van der Waals surface area contributed by atoms with E-state index in [0.717, 1.165) is 29.4 Å². The second kappa shape index (κ2) is 10.5. The number of aliphatic hydroxyl groups excluding tert-OH is 1. The third-order valence-corrected chi connectivity index (χ3v) is 6.80. The smallest absolute Gasteiger partial charge is 0.395 e. The van der Waals surface area contributed by atoms with Crippen molar-refractivity contribution < 1.29 is 36.3 Å². The Morgan fingerprint density at radius 3 is 2.39 bits per heavy atom. The van der Waals surface area contributed by atoms with E-state index in [-0.39, 0.29) is 34.6 Å². The number of anilines is 1. The molecule has 14 heteroatoms. The fraction of sp³-hybridized carbons (Fsp3) is 0.250. The Hall–Kier alpha value is -4.40. The molecule has 1 atom stereocenters. The van der Waals surface area contributed by atoms with Crippen LogP contribution in [0, 0.1) is 22.7 Å². The number of imide groups is 1. The van der Waals surface area contributed by atoms with Gasteiger partial charge in [0.1, 0.15) is 6.04 Å². The van der Waals surface area contributed by atoms with Gasteiger partial charge in [0, 0.05) is 18.5 Å². The number of carbonyl (C=O) groups is 2. The van der Waals surface area contributed by atoms with Crippen LogP contribution in [0.1, 0.15) is 29.7 Å². The third-order valence-electron chi connectivity index (χ3n) is 5.65. The molecular formula is C24H20F3N5O5S. The summed E-state index contributed by atoms with van der Waals surface area (Å²) in [5.74, 6) is 0. The summed E-state index contributed by atoms with van der Waals surface area (Å²) in [6.07, 6.45) is -3.91. The van der Waals surface area contributed by atoms with Crippen LogP contribution in [0.3, 0.4) is 0 Å². The molecule has 1 heterocycles. The Balaban J connectivity index is 2.36. The van der Waals surface area contributed by atoms with E-state index >= 15 is 0 Å². The van der Waals surface area contributed by atoms with Crippen LogP contribution in [-0.2, 0) is 16.0 Å². The summed E-state index contributed by atoms with van der Waals surface area (Å²) in [5, 5.41) is 30.7. The zero-order chi connectivity index (χ0) is 28.4. The molecule has 198 valence electrons. The number of hydrogen-bond acceptors (Lipinski definition) is 7. The molecule has 0 bridgehead atoms. The van der Waals surface area contributed by atoms with Gasteiger partial charge in [0.15, 0.2) is 9.84 Å². The van der Waals surface area contributed by atoms with Crippen LogP contribution in [0.25, 0.3) is 0 Å². The summed E-state index contributed by atoms with van der Waals surface area (Å²) in [6, 6.07) is 6.84. The summed E-state index contributed by atoms with van der Waals surface area (Å²) >= 11 is 0. The second-order valence-corrected chi connectivity index (χ2v) is 10.1. The number of rotatable bonds is 5. The maximum Gasteiger partial charge on any atom is 0.416 e. The molecule has 2 N–H and O–H groups in total. The van der Waals surface area contributed by atoms with Crippen molar-refractivity contribution in [2.24, 2.45) is 0 Å². The third kappa shape index (κ3) is 5.32. The van der Waals surface area contributed by atoms with Crippen LogP contribution < -0.4 is 10.2 Å². The Bertz CT molecular complexity index is 1520. The van der Waals surface area contributed by atoms with Crippen LogP contribution in [0.4, 0.5) is 28.4 Å². The molecule has 1 aliphatic heterocycles. The average molecular weight is 548 g/mol. The van der Waals surface area contributed by atoms with Crippen LogP contribution in [-0.4, -0.2) is 49.9 Å². The number of allylic oxidation sites excluding steroid dienone is 1. The lowest BCUT2D eigenvalue weighted by atomic mass is 9.93. The van der Waals surface area contributed by atoms with E-state index in [9.17, 15) is 41.7 Å². The largest absolute Gasteiger partial charge is 0.416 e. The summed E-state index contributed by atoms with van der Waals surface area (Å²) in [5.41, 5.74) is -2.06. The van der Waals surface area contributed by atoms with Gasteiger partial charge >= 0.3 is 18.2 Å². The summed E-state index contributed by atoms with van der Waals surface area (Å²) in [4.78, 5) is 27.7. The van der Waals surface area contributed by atoms with Gasteiger partial charge in [-0.3, -0.25) is 4.90 Å². The van der Waals surface area contributed by atoms with Crippen molar-refractivity contribution in [3.05, 3.63) is 70.4 Å². The number of hydrogen-bond donors (Lipinski definition) is 2. The molecule has 0 fully saturated rings. The van der Waals surface area contributed by atoms with Gasteiger partial charge in [0.05, 0.1) is 46.0 Å². The molecule has 2 aromatic carbocycles. The SMILES string of the molecule is CC1=C(C#N)[C@@H](c2ccc(C#N)cc2S(C)(=O)=O)N(C(=O)NCCO)C(=O)N1c1cccc(C(F)(F)F)c1. The summed E-state index contributed by atoms with van der Waals surface area (Å²) < 4.78 is 65.4. The molecular weight excluding hydrogens is 527 g/mol. The lowest BCUT2D eigenvalue weighted by Crippen LogP contribution is -2.55. The Labute approximate surface area is 215 Å². The zero-order valence-electron chi connectivity index (χ0n) is 19.9. The monoisotopic (exact) mass is 547 g/mol. The topological polar surface area (TPSA) is 155 Å². The fourth-order valence-electron chi connectivity index (χ4n) is 3.97.